The van der Waals surface area contributed by atoms with E-state index in [0.29, 0.717) is 5.57 Å². The Hall–Kier alpha value is -1.62. The van der Waals surface area contributed by atoms with Gasteiger partial charge in [0.2, 0.25) is 0 Å². The van der Waals surface area contributed by atoms with E-state index < -0.39 is 5.97 Å². The molecule has 5 nitrogen and oxygen atoms in total. The quantitative estimate of drug-likeness (QED) is 0.595. The molecule has 98 valence electrons. The third kappa shape index (κ3) is 8.21. The summed E-state index contributed by atoms with van der Waals surface area (Å²) in [6.45, 7) is 10.1. The first-order valence-electron chi connectivity index (χ1n) is 4.97. The minimum Gasteiger partial charge on any atom is -0.478 e. The molecule has 0 aromatic heterocycles. The van der Waals surface area contributed by atoms with Crippen LogP contribution in [0.3, 0.4) is 0 Å². The van der Waals surface area contributed by atoms with Crippen LogP contribution >= 0.6 is 0 Å². The van der Waals surface area contributed by atoms with Gasteiger partial charge in [0.1, 0.15) is 0 Å². The molecule has 17 heavy (non-hydrogen) atoms. The highest BCUT2D eigenvalue weighted by Crippen LogP contribution is 2.05. The van der Waals surface area contributed by atoms with Crippen LogP contribution < -0.4 is 0 Å². The van der Waals surface area contributed by atoms with Crippen LogP contribution in [-0.2, 0) is 14.3 Å². The second-order valence-electron chi connectivity index (χ2n) is 3.74. The predicted octanol–water partition coefficient (Wildman–Crippen LogP) is 1.31. The topological polar surface area (TPSA) is 66.8 Å². The lowest BCUT2D eigenvalue weighted by molar-refractivity contribution is -0.136. The first-order valence-corrected chi connectivity index (χ1v) is 4.97. The molecule has 0 amide bonds. The molecule has 0 aromatic carbocycles. The lowest BCUT2D eigenvalue weighted by atomic mass is 10.1. The zero-order chi connectivity index (χ0) is 14.2. The normalized spacial score (nSPS) is 10.9. The number of esters is 1. The fourth-order valence-corrected chi connectivity index (χ4v) is 0.613. The molecule has 1 unspecified atom stereocenters. The highest BCUT2D eigenvalue weighted by atomic mass is 16.5. The van der Waals surface area contributed by atoms with Crippen molar-refractivity contribution in [1.82, 2.24) is 4.90 Å². The molecule has 0 bridgehead atoms. The molecule has 0 rings (SSSR count). The summed E-state index contributed by atoms with van der Waals surface area (Å²) in [4.78, 5) is 22.4. The molecule has 1 N–H and O–H groups in total. The van der Waals surface area contributed by atoms with Crippen LogP contribution in [-0.4, -0.2) is 49.2 Å². The number of aliphatic carboxylic acids is 1. The van der Waals surface area contributed by atoms with E-state index in [2.05, 4.69) is 17.9 Å². The van der Waals surface area contributed by atoms with Crippen LogP contribution in [0.4, 0.5) is 0 Å². The van der Waals surface area contributed by atoms with E-state index in [-0.39, 0.29) is 17.6 Å². The summed E-state index contributed by atoms with van der Waals surface area (Å²) in [5.74, 6) is -1.28. The summed E-state index contributed by atoms with van der Waals surface area (Å²) in [7, 11) is 5.13. The molecular formula is C12H21NO4. The van der Waals surface area contributed by atoms with Gasteiger partial charge in [-0.3, -0.25) is 0 Å². The average molecular weight is 243 g/mol. The molecule has 0 saturated carbocycles. The first-order chi connectivity index (χ1) is 7.64. The standard InChI is InChI=1S/C8H15NO2.C4H6O2/c1-6(8(10)11-5)7(2)9(3)4;1-3(2)4(5)6/h7H,1H2,2-5H3;1H2,2H3,(H,5,6). The molecular weight excluding hydrogens is 222 g/mol. The molecule has 0 aliphatic heterocycles. The number of methoxy groups -OCH3 is 1. The average Bonchev–Trinajstić information content (AvgIpc) is 2.26. The van der Waals surface area contributed by atoms with Gasteiger partial charge in [0, 0.05) is 17.2 Å². The molecule has 0 radical (unpaired) electrons. The minimum atomic E-state index is -0.935. The molecule has 0 aliphatic rings. The van der Waals surface area contributed by atoms with Gasteiger partial charge in [-0.1, -0.05) is 13.2 Å². The van der Waals surface area contributed by atoms with Crippen LogP contribution in [0.5, 0.6) is 0 Å². The highest BCUT2D eigenvalue weighted by Gasteiger charge is 2.15. The summed E-state index contributed by atoms with van der Waals surface area (Å²) in [6, 6.07) is 0.0300. The van der Waals surface area contributed by atoms with E-state index >= 15 is 0 Å². The van der Waals surface area contributed by atoms with Gasteiger partial charge in [0.15, 0.2) is 0 Å². The zero-order valence-corrected chi connectivity index (χ0v) is 11.1. The second kappa shape index (κ2) is 8.52. The van der Waals surface area contributed by atoms with E-state index in [1.807, 2.05) is 25.9 Å². The first kappa shape index (κ1) is 17.8. The lowest BCUT2D eigenvalue weighted by Gasteiger charge is -2.20. The monoisotopic (exact) mass is 243 g/mol. The van der Waals surface area contributed by atoms with Crippen LogP contribution in [0.1, 0.15) is 13.8 Å². The molecule has 1 atom stereocenters. The van der Waals surface area contributed by atoms with Crippen molar-refractivity contribution in [2.45, 2.75) is 19.9 Å². The van der Waals surface area contributed by atoms with Crippen molar-refractivity contribution < 1.29 is 19.4 Å². The number of carboxylic acid groups (broad SMARTS) is 1. The summed E-state index contributed by atoms with van der Waals surface area (Å²) >= 11 is 0. The van der Waals surface area contributed by atoms with Gasteiger partial charge in [-0.2, -0.15) is 0 Å². The summed E-state index contributed by atoms with van der Waals surface area (Å²) in [5.41, 5.74) is 0.660. The number of rotatable bonds is 4. The van der Waals surface area contributed by atoms with Gasteiger partial charge in [0.25, 0.3) is 0 Å². The van der Waals surface area contributed by atoms with Crippen LogP contribution in [0.15, 0.2) is 24.3 Å². The zero-order valence-electron chi connectivity index (χ0n) is 11.1. The van der Waals surface area contributed by atoms with E-state index in [0.717, 1.165) is 0 Å². The van der Waals surface area contributed by atoms with Crippen LogP contribution in [0.25, 0.3) is 0 Å². The maximum atomic E-state index is 10.9. The number of carbonyl (C=O) groups is 2. The van der Waals surface area contributed by atoms with Crippen LogP contribution in [0.2, 0.25) is 0 Å². The predicted molar refractivity (Wildman–Crippen MR) is 66.8 cm³/mol. The largest absolute Gasteiger partial charge is 0.478 e. The third-order valence-electron chi connectivity index (χ3n) is 2.09. The number of carbonyl (C=O) groups excluding carboxylic acids is 1. The van der Waals surface area contributed by atoms with Gasteiger partial charge in [-0.25, -0.2) is 9.59 Å². The molecule has 0 aromatic rings. The summed E-state index contributed by atoms with van der Waals surface area (Å²) in [5, 5.41) is 7.89. The number of carboxylic acids is 1. The van der Waals surface area contributed by atoms with E-state index in [1.165, 1.54) is 14.0 Å². The van der Waals surface area contributed by atoms with Crippen molar-refractivity contribution in [2.75, 3.05) is 21.2 Å². The number of hydrogen-bond acceptors (Lipinski definition) is 4. The third-order valence-corrected chi connectivity index (χ3v) is 2.09. The Bertz CT molecular complexity index is 296. The number of hydrogen-bond donors (Lipinski definition) is 1. The second-order valence-corrected chi connectivity index (χ2v) is 3.74. The number of likely N-dealkylation sites (N-methyl/N-ethyl adjacent to an activating group) is 1. The smallest absolute Gasteiger partial charge is 0.334 e. The summed E-state index contributed by atoms with van der Waals surface area (Å²) < 4.78 is 4.52. The van der Waals surface area contributed by atoms with Gasteiger partial charge in [-0.05, 0) is 27.9 Å². The Morgan fingerprint density at radius 3 is 1.82 bits per heavy atom. The lowest BCUT2D eigenvalue weighted by Crippen LogP contribution is -2.30. The molecule has 0 heterocycles. The van der Waals surface area contributed by atoms with Gasteiger partial charge >= 0.3 is 11.9 Å². The SMILES string of the molecule is C=C(C(=O)OC)C(C)N(C)C.C=C(C)C(=O)O. The van der Waals surface area contributed by atoms with E-state index in [1.54, 1.807) is 0 Å². The van der Waals surface area contributed by atoms with E-state index in [4.69, 9.17) is 5.11 Å². The van der Waals surface area contributed by atoms with Crippen molar-refractivity contribution in [3.63, 3.8) is 0 Å². The Kier molecular flexibility index (Phi) is 8.91. The Morgan fingerprint density at radius 2 is 1.65 bits per heavy atom. The van der Waals surface area contributed by atoms with Gasteiger partial charge in [0.05, 0.1) is 7.11 Å². The van der Waals surface area contributed by atoms with Crippen molar-refractivity contribution in [1.29, 1.82) is 0 Å². The van der Waals surface area contributed by atoms with Crippen molar-refractivity contribution >= 4 is 11.9 Å². The Morgan fingerprint density at radius 1 is 1.29 bits per heavy atom. The minimum absolute atomic E-state index is 0.0300. The van der Waals surface area contributed by atoms with Crippen LogP contribution in [0, 0.1) is 0 Å². The maximum absolute atomic E-state index is 10.9. The molecule has 0 fully saturated rings. The Balaban J connectivity index is 0. The summed E-state index contributed by atoms with van der Waals surface area (Å²) in [6.07, 6.45) is 0. The molecule has 0 saturated heterocycles. The van der Waals surface area contributed by atoms with E-state index in [9.17, 15) is 9.59 Å². The molecule has 5 heteroatoms. The Labute approximate surface area is 102 Å². The van der Waals surface area contributed by atoms with Crippen molar-refractivity contribution in [3.05, 3.63) is 24.3 Å². The number of ether oxygens (including phenoxy) is 1. The maximum Gasteiger partial charge on any atom is 0.334 e. The van der Waals surface area contributed by atoms with Gasteiger partial charge in [-0.15, -0.1) is 0 Å². The fraction of sp³-hybridized carbons (Fsp3) is 0.500. The number of nitrogens with zero attached hydrogens (tertiary/aromatic N) is 1. The molecule has 0 aliphatic carbocycles. The van der Waals surface area contributed by atoms with Gasteiger partial charge < -0.3 is 14.7 Å². The fourth-order valence-electron chi connectivity index (χ4n) is 0.613. The van der Waals surface area contributed by atoms with Crippen molar-refractivity contribution in [3.8, 4) is 0 Å². The van der Waals surface area contributed by atoms with Crippen molar-refractivity contribution in [2.24, 2.45) is 0 Å². The molecule has 0 spiro atoms. The highest BCUT2D eigenvalue weighted by molar-refractivity contribution is 5.88.